The molecule has 3 aromatic rings. The molecule has 4 heterocycles. The number of para-hydroxylation sites is 1. The van der Waals surface area contributed by atoms with Gasteiger partial charge in [0.05, 0.1) is 17.0 Å². The summed E-state index contributed by atoms with van der Waals surface area (Å²) in [6.45, 7) is 1.62. The largest absolute Gasteiger partial charge is 0.418 e. The summed E-state index contributed by atoms with van der Waals surface area (Å²) < 4.78 is 43.0. The Labute approximate surface area is 190 Å². The van der Waals surface area contributed by atoms with Crippen molar-refractivity contribution in [1.82, 2.24) is 29.7 Å². The zero-order chi connectivity index (χ0) is 23.2. The van der Waals surface area contributed by atoms with Crippen LogP contribution in [0.5, 0.6) is 0 Å². The summed E-state index contributed by atoms with van der Waals surface area (Å²) in [5.41, 5.74) is -0.136. The average molecular weight is 476 g/mol. The molecule has 1 aromatic carbocycles. The van der Waals surface area contributed by atoms with E-state index >= 15 is 0 Å². The van der Waals surface area contributed by atoms with Crippen LogP contribution < -0.4 is 5.56 Å². The predicted octanol–water partition coefficient (Wildman–Crippen LogP) is 2.58. The third-order valence-corrected chi connectivity index (χ3v) is 6.94. The number of hydrogen-bond acceptors (Lipinski definition) is 6. The second-order valence-corrected chi connectivity index (χ2v) is 9.12. The van der Waals surface area contributed by atoms with Gasteiger partial charge < -0.3 is 9.47 Å². The molecule has 2 aromatic heterocycles. The number of thioether (sulfide) groups is 1. The summed E-state index contributed by atoms with van der Waals surface area (Å²) in [6.07, 6.45) is -3.64. The molecule has 33 heavy (non-hydrogen) atoms. The number of carbonyl (C=O) groups is 1. The fraction of sp³-hybridized carbons (Fsp3) is 0.381. The van der Waals surface area contributed by atoms with Crippen molar-refractivity contribution in [3.63, 3.8) is 0 Å². The Morgan fingerprint density at radius 1 is 1.09 bits per heavy atom. The van der Waals surface area contributed by atoms with Crippen molar-refractivity contribution in [3.05, 3.63) is 64.1 Å². The van der Waals surface area contributed by atoms with Crippen LogP contribution in [0.2, 0.25) is 0 Å². The lowest BCUT2D eigenvalue weighted by atomic mass is 9.83. The highest BCUT2D eigenvalue weighted by Gasteiger charge is 2.37. The van der Waals surface area contributed by atoms with Gasteiger partial charge in [-0.3, -0.25) is 9.59 Å². The third kappa shape index (κ3) is 4.14. The van der Waals surface area contributed by atoms with Gasteiger partial charge in [0, 0.05) is 37.3 Å². The van der Waals surface area contributed by atoms with Crippen LogP contribution in [0, 0.1) is 5.92 Å². The molecule has 1 amide bonds. The van der Waals surface area contributed by atoms with Gasteiger partial charge in [-0.15, -0.1) is 5.10 Å². The number of benzene rings is 1. The smallest absolute Gasteiger partial charge is 0.341 e. The Balaban J connectivity index is 1.30. The molecule has 5 rings (SSSR count). The highest BCUT2D eigenvalue weighted by Crippen LogP contribution is 2.36. The third-order valence-electron chi connectivity index (χ3n) is 6.04. The molecule has 2 aliphatic rings. The van der Waals surface area contributed by atoms with Crippen LogP contribution in [0.1, 0.15) is 23.6 Å². The highest BCUT2D eigenvalue weighted by molar-refractivity contribution is 7.99. The Kier molecular flexibility index (Phi) is 5.47. The number of piperidine rings is 1. The molecule has 12 heteroatoms. The van der Waals surface area contributed by atoms with Crippen LogP contribution in [-0.2, 0) is 17.5 Å². The van der Waals surface area contributed by atoms with Gasteiger partial charge in [0.1, 0.15) is 0 Å². The first-order valence-electron chi connectivity index (χ1n) is 10.4. The second kappa shape index (κ2) is 8.32. The van der Waals surface area contributed by atoms with E-state index < -0.39 is 11.7 Å². The van der Waals surface area contributed by atoms with E-state index in [-0.39, 0.29) is 39.9 Å². The number of alkyl halides is 3. The van der Waals surface area contributed by atoms with Gasteiger partial charge in [0.25, 0.3) is 5.56 Å². The molecule has 0 saturated carbocycles. The number of likely N-dealkylation sites (tertiary alicyclic amines) is 1. The van der Waals surface area contributed by atoms with E-state index in [1.54, 1.807) is 21.6 Å². The summed E-state index contributed by atoms with van der Waals surface area (Å²) in [5, 5.41) is 11.1. The minimum Gasteiger partial charge on any atom is -0.341 e. The molecule has 2 bridgehead atoms. The highest BCUT2D eigenvalue weighted by atomic mass is 32.2. The zero-order valence-corrected chi connectivity index (χ0v) is 18.1. The van der Waals surface area contributed by atoms with Crippen LogP contribution >= 0.6 is 11.8 Å². The lowest BCUT2D eigenvalue weighted by Gasteiger charge is -2.42. The van der Waals surface area contributed by atoms with Gasteiger partial charge in [-0.25, -0.2) is 0 Å². The number of rotatable bonds is 4. The number of nitrogens with zero attached hydrogens (tertiary/aromatic N) is 6. The molecule has 2 unspecified atom stereocenters. The summed E-state index contributed by atoms with van der Waals surface area (Å²) in [5.74, 6) is 0.133. The van der Waals surface area contributed by atoms with Crippen molar-refractivity contribution in [2.75, 3.05) is 18.8 Å². The Bertz CT molecular complexity index is 1260. The predicted molar refractivity (Wildman–Crippen MR) is 113 cm³/mol. The Morgan fingerprint density at radius 3 is 2.73 bits per heavy atom. The van der Waals surface area contributed by atoms with E-state index in [0.29, 0.717) is 19.6 Å². The van der Waals surface area contributed by atoms with Crippen LogP contribution in [0.3, 0.4) is 0 Å². The molecule has 0 N–H and O–H groups in total. The van der Waals surface area contributed by atoms with Crippen LogP contribution in [0.25, 0.3) is 5.69 Å². The zero-order valence-electron chi connectivity index (χ0n) is 17.3. The van der Waals surface area contributed by atoms with Crippen LogP contribution in [-0.4, -0.2) is 54.4 Å². The molecular weight excluding hydrogens is 457 g/mol. The molecule has 2 atom stereocenters. The molecule has 1 fully saturated rings. The van der Waals surface area contributed by atoms with Crippen molar-refractivity contribution >= 4 is 17.7 Å². The first-order valence-corrected chi connectivity index (χ1v) is 11.3. The first-order chi connectivity index (χ1) is 15.8. The molecule has 8 nitrogen and oxygen atoms in total. The number of aromatic nitrogens is 5. The van der Waals surface area contributed by atoms with E-state index in [9.17, 15) is 22.8 Å². The van der Waals surface area contributed by atoms with Gasteiger partial charge in [-0.2, -0.15) is 17.9 Å². The van der Waals surface area contributed by atoms with E-state index in [4.69, 9.17) is 0 Å². The Morgan fingerprint density at radius 2 is 1.91 bits per heavy atom. The SMILES string of the molecule is O=C(CSc1nnnn1-c1ccccc1C(F)(F)F)N1CC2CC(C1)c1cccc(=O)n1C2. The summed E-state index contributed by atoms with van der Waals surface area (Å²) in [4.78, 5) is 26.9. The molecule has 0 aliphatic carbocycles. The minimum atomic E-state index is -4.57. The molecule has 172 valence electrons. The topological polar surface area (TPSA) is 85.9 Å². The number of pyridine rings is 1. The minimum absolute atomic E-state index is 0.00437. The van der Waals surface area contributed by atoms with Crippen LogP contribution in [0.4, 0.5) is 13.2 Å². The monoisotopic (exact) mass is 476 g/mol. The maximum absolute atomic E-state index is 13.4. The maximum atomic E-state index is 13.4. The number of carbonyl (C=O) groups excluding carboxylic acids is 1. The van der Waals surface area contributed by atoms with Crippen molar-refractivity contribution in [1.29, 1.82) is 0 Å². The van der Waals surface area contributed by atoms with Gasteiger partial charge in [0.15, 0.2) is 0 Å². The number of amides is 1. The molecule has 0 spiro atoms. The van der Waals surface area contributed by atoms with Gasteiger partial charge >= 0.3 is 6.18 Å². The fourth-order valence-corrected chi connectivity index (χ4v) is 5.42. The molecule has 1 saturated heterocycles. The van der Waals surface area contributed by atoms with Crippen molar-refractivity contribution in [2.24, 2.45) is 5.92 Å². The van der Waals surface area contributed by atoms with Gasteiger partial charge in [-0.1, -0.05) is 30.0 Å². The fourth-order valence-electron chi connectivity index (χ4n) is 4.64. The van der Waals surface area contributed by atoms with E-state index in [0.717, 1.165) is 34.6 Å². The summed E-state index contributed by atoms with van der Waals surface area (Å²) in [6, 6.07) is 10.2. The number of halogens is 3. The standard InChI is InChI=1S/C21H19F3N6O2S/c22-21(23,24)15-4-1-2-5-17(15)30-20(25-26-27-30)33-12-19(32)28-9-13-8-14(11-28)16-6-3-7-18(31)29(16)10-13/h1-7,13-14H,8-12H2. The van der Waals surface area contributed by atoms with Gasteiger partial charge in [0.2, 0.25) is 11.1 Å². The second-order valence-electron chi connectivity index (χ2n) is 8.17. The van der Waals surface area contributed by atoms with Crippen molar-refractivity contribution < 1.29 is 18.0 Å². The number of hydrogen-bond donors (Lipinski definition) is 0. The molecule has 2 aliphatic heterocycles. The maximum Gasteiger partial charge on any atom is 0.418 e. The first kappa shape index (κ1) is 21.7. The quantitative estimate of drug-likeness (QED) is 0.538. The lowest BCUT2D eigenvalue weighted by Crippen LogP contribution is -2.49. The molecular formula is C21H19F3N6O2S. The molecule has 0 radical (unpaired) electrons. The lowest BCUT2D eigenvalue weighted by molar-refractivity contribution is -0.137. The normalized spacial score (nSPS) is 19.9. The number of tetrazole rings is 1. The van der Waals surface area contributed by atoms with Crippen molar-refractivity contribution in [2.45, 2.75) is 30.2 Å². The van der Waals surface area contributed by atoms with E-state index in [2.05, 4.69) is 15.5 Å². The summed E-state index contributed by atoms with van der Waals surface area (Å²) >= 11 is 0.999. The summed E-state index contributed by atoms with van der Waals surface area (Å²) in [7, 11) is 0. The van der Waals surface area contributed by atoms with Crippen molar-refractivity contribution in [3.8, 4) is 5.69 Å². The van der Waals surface area contributed by atoms with E-state index in [1.165, 1.54) is 18.2 Å². The van der Waals surface area contributed by atoms with E-state index in [1.807, 2.05) is 6.07 Å². The Hall–Kier alpha value is -3.15. The van der Waals surface area contributed by atoms with Gasteiger partial charge in [-0.05, 0) is 41.0 Å². The number of fused-ring (bicyclic) bond motifs is 4. The average Bonchev–Trinajstić information content (AvgIpc) is 3.26. The van der Waals surface area contributed by atoms with Crippen LogP contribution in [0.15, 0.2) is 52.4 Å².